The lowest BCUT2D eigenvalue weighted by Crippen LogP contribution is -2.33. The molecule has 31 heavy (non-hydrogen) atoms. The van der Waals surface area contributed by atoms with Crippen LogP contribution >= 0.6 is 0 Å². The first kappa shape index (κ1) is 20.5. The van der Waals surface area contributed by atoms with Gasteiger partial charge in [0.2, 0.25) is 0 Å². The number of hydrogen-bond donors (Lipinski definition) is 0. The molecule has 1 aliphatic heterocycles. The van der Waals surface area contributed by atoms with Crippen LogP contribution in [0.15, 0.2) is 54.6 Å². The van der Waals surface area contributed by atoms with Gasteiger partial charge in [-0.05, 0) is 62.2 Å². The van der Waals surface area contributed by atoms with Crippen LogP contribution in [0, 0.1) is 19.7 Å². The van der Waals surface area contributed by atoms with E-state index in [9.17, 15) is 14.0 Å². The fraction of sp³-hybridized carbons (Fsp3) is 0.208. The van der Waals surface area contributed by atoms with Gasteiger partial charge in [0.1, 0.15) is 5.82 Å². The van der Waals surface area contributed by atoms with Crippen LogP contribution in [-0.2, 0) is 20.7 Å². The highest BCUT2D eigenvalue weighted by Gasteiger charge is 2.24. The number of amides is 1. The first-order valence-corrected chi connectivity index (χ1v) is 9.99. The van der Waals surface area contributed by atoms with Crippen LogP contribution in [0.3, 0.4) is 0 Å². The molecule has 0 spiro atoms. The third kappa shape index (κ3) is 4.26. The van der Waals surface area contributed by atoms with Crippen molar-refractivity contribution >= 4 is 23.6 Å². The van der Waals surface area contributed by atoms with Crippen LogP contribution in [0.25, 0.3) is 11.8 Å². The number of ether oxygens (including phenoxy) is 1. The molecule has 0 N–H and O–H groups in total. The summed E-state index contributed by atoms with van der Waals surface area (Å²) >= 11 is 0. The first-order valence-electron chi connectivity index (χ1n) is 9.99. The minimum atomic E-state index is -0.603. The van der Waals surface area contributed by atoms with E-state index in [-0.39, 0.29) is 18.3 Å². The number of hydrogen-bond acceptors (Lipinski definition) is 4. The number of carbonyl (C=O) groups excluding carboxylic acids is 2. The molecule has 0 fully saturated rings. The molecule has 0 radical (unpaired) electrons. The number of para-hydroxylation sites is 1. The van der Waals surface area contributed by atoms with Gasteiger partial charge in [-0.25, -0.2) is 13.9 Å². The van der Waals surface area contributed by atoms with Gasteiger partial charge in [-0.1, -0.05) is 18.2 Å². The van der Waals surface area contributed by atoms with Crippen molar-refractivity contribution in [3.05, 3.63) is 82.9 Å². The molecule has 6 nitrogen and oxygen atoms in total. The molecule has 2 aromatic carbocycles. The molecule has 0 aliphatic carbocycles. The summed E-state index contributed by atoms with van der Waals surface area (Å²) in [5.41, 5.74) is 5.00. The molecule has 0 bridgehead atoms. The zero-order chi connectivity index (χ0) is 22.0. The number of carbonyl (C=O) groups is 2. The predicted octanol–water partition coefficient (Wildman–Crippen LogP) is 3.77. The lowest BCUT2D eigenvalue weighted by Gasteiger charge is -2.16. The molecular formula is C24H22FN3O3. The monoisotopic (exact) mass is 419 g/mol. The smallest absolute Gasteiger partial charge is 0.331 e. The zero-order valence-corrected chi connectivity index (χ0v) is 17.3. The van der Waals surface area contributed by atoms with E-state index in [1.54, 1.807) is 27.8 Å². The fourth-order valence-corrected chi connectivity index (χ4v) is 3.74. The Hall–Kier alpha value is -3.74. The molecule has 3 aromatic rings. The third-order valence-electron chi connectivity index (χ3n) is 5.33. The highest BCUT2D eigenvalue weighted by Crippen LogP contribution is 2.27. The van der Waals surface area contributed by atoms with E-state index in [2.05, 4.69) is 5.10 Å². The van der Waals surface area contributed by atoms with Gasteiger partial charge in [-0.3, -0.25) is 4.79 Å². The summed E-state index contributed by atoms with van der Waals surface area (Å²) in [5.74, 6) is -1.17. The quantitative estimate of drug-likeness (QED) is 0.467. The van der Waals surface area contributed by atoms with Crippen molar-refractivity contribution in [3.63, 3.8) is 0 Å². The van der Waals surface area contributed by atoms with E-state index < -0.39 is 5.97 Å². The number of anilines is 1. The lowest BCUT2D eigenvalue weighted by atomic mass is 10.2. The number of nitrogens with zero attached hydrogens (tertiary/aromatic N) is 3. The Bertz CT molecular complexity index is 1170. The Morgan fingerprint density at radius 1 is 1.13 bits per heavy atom. The van der Waals surface area contributed by atoms with Gasteiger partial charge in [-0.15, -0.1) is 0 Å². The number of aromatic nitrogens is 2. The van der Waals surface area contributed by atoms with Crippen LogP contribution in [-0.4, -0.2) is 34.8 Å². The topological polar surface area (TPSA) is 64.4 Å². The van der Waals surface area contributed by atoms with E-state index in [1.165, 1.54) is 18.2 Å². The normalized spacial score (nSPS) is 12.9. The number of esters is 1. The first-order chi connectivity index (χ1) is 14.9. The minimum absolute atomic E-state index is 0.247. The largest absolute Gasteiger partial charge is 0.452 e. The van der Waals surface area contributed by atoms with E-state index >= 15 is 0 Å². The third-order valence-corrected chi connectivity index (χ3v) is 5.33. The van der Waals surface area contributed by atoms with Gasteiger partial charge in [0.05, 0.1) is 11.4 Å². The van der Waals surface area contributed by atoms with E-state index in [1.807, 2.05) is 38.1 Å². The van der Waals surface area contributed by atoms with Crippen LogP contribution < -0.4 is 4.90 Å². The number of benzene rings is 2. The fourth-order valence-electron chi connectivity index (χ4n) is 3.74. The van der Waals surface area contributed by atoms with Crippen LogP contribution in [0.1, 0.15) is 22.5 Å². The highest BCUT2D eigenvalue weighted by atomic mass is 19.1. The minimum Gasteiger partial charge on any atom is -0.452 e. The van der Waals surface area contributed by atoms with Crippen molar-refractivity contribution in [2.24, 2.45) is 0 Å². The molecule has 1 amide bonds. The second kappa shape index (κ2) is 8.55. The van der Waals surface area contributed by atoms with Crippen molar-refractivity contribution in [2.75, 3.05) is 18.1 Å². The van der Waals surface area contributed by atoms with Gasteiger partial charge in [0, 0.05) is 29.6 Å². The molecule has 1 aromatic heterocycles. The summed E-state index contributed by atoms with van der Waals surface area (Å²) in [6, 6.07) is 13.7. The second-order valence-electron chi connectivity index (χ2n) is 7.34. The summed E-state index contributed by atoms with van der Waals surface area (Å²) in [6.07, 6.45) is 3.71. The van der Waals surface area contributed by atoms with Crippen LogP contribution in [0.5, 0.6) is 0 Å². The molecule has 0 saturated heterocycles. The SMILES string of the molecule is Cc1nn(-c2ccc(F)cc2)c(C)c1/C=C/C(=O)OCC(=O)N1CCc2ccccc21. The molecular weight excluding hydrogens is 397 g/mol. The van der Waals surface area contributed by atoms with Crippen LogP contribution in [0.4, 0.5) is 10.1 Å². The van der Waals surface area contributed by atoms with E-state index in [4.69, 9.17) is 4.74 Å². The van der Waals surface area contributed by atoms with Gasteiger partial charge in [0.25, 0.3) is 5.91 Å². The Morgan fingerprint density at radius 2 is 1.87 bits per heavy atom. The van der Waals surface area contributed by atoms with E-state index in [0.717, 1.165) is 40.3 Å². The molecule has 4 rings (SSSR count). The summed E-state index contributed by atoms with van der Waals surface area (Å²) in [5, 5.41) is 4.47. The molecule has 7 heteroatoms. The molecule has 158 valence electrons. The number of rotatable bonds is 5. The lowest BCUT2D eigenvalue weighted by molar-refractivity contribution is -0.142. The number of aryl methyl sites for hydroxylation is 1. The Kier molecular flexibility index (Phi) is 5.66. The highest BCUT2D eigenvalue weighted by molar-refractivity contribution is 5.98. The maximum Gasteiger partial charge on any atom is 0.331 e. The Balaban J connectivity index is 1.40. The summed E-state index contributed by atoms with van der Waals surface area (Å²) in [7, 11) is 0. The van der Waals surface area contributed by atoms with Crippen molar-refractivity contribution in [3.8, 4) is 5.69 Å². The standard InChI is InChI=1S/C24H22FN3O3/c1-16-21(17(2)28(26-16)20-9-7-19(25)8-10-20)11-12-24(30)31-15-23(29)27-14-13-18-5-3-4-6-22(18)27/h3-12H,13-15H2,1-2H3/b12-11+. The summed E-state index contributed by atoms with van der Waals surface area (Å²) in [4.78, 5) is 26.3. The average Bonchev–Trinajstić information content (AvgIpc) is 3.32. The summed E-state index contributed by atoms with van der Waals surface area (Å²) in [6.45, 7) is 3.96. The molecule has 0 atom stereocenters. The number of fused-ring (bicyclic) bond motifs is 1. The van der Waals surface area contributed by atoms with Crippen molar-refractivity contribution in [1.29, 1.82) is 0 Å². The van der Waals surface area contributed by atoms with E-state index in [0.29, 0.717) is 6.54 Å². The van der Waals surface area contributed by atoms with Gasteiger partial charge >= 0.3 is 5.97 Å². The van der Waals surface area contributed by atoms with Gasteiger partial charge < -0.3 is 9.64 Å². The predicted molar refractivity (Wildman–Crippen MR) is 115 cm³/mol. The van der Waals surface area contributed by atoms with Crippen molar-refractivity contribution < 1.29 is 18.7 Å². The maximum absolute atomic E-state index is 13.2. The van der Waals surface area contributed by atoms with Gasteiger partial charge in [-0.2, -0.15) is 5.10 Å². The Morgan fingerprint density at radius 3 is 2.65 bits per heavy atom. The van der Waals surface area contributed by atoms with Crippen molar-refractivity contribution in [2.45, 2.75) is 20.3 Å². The molecule has 0 unspecified atom stereocenters. The Labute approximate surface area is 179 Å². The average molecular weight is 419 g/mol. The zero-order valence-electron chi connectivity index (χ0n) is 17.3. The second-order valence-corrected chi connectivity index (χ2v) is 7.34. The van der Waals surface area contributed by atoms with Crippen molar-refractivity contribution in [1.82, 2.24) is 9.78 Å². The van der Waals surface area contributed by atoms with Crippen LogP contribution in [0.2, 0.25) is 0 Å². The van der Waals surface area contributed by atoms with Gasteiger partial charge in [0.15, 0.2) is 6.61 Å². The maximum atomic E-state index is 13.2. The molecule has 0 saturated carbocycles. The molecule has 2 heterocycles. The number of halogens is 1. The molecule has 1 aliphatic rings. The summed E-state index contributed by atoms with van der Waals surface area (Å²) < 4.78 is 20.0.